The van der Waals surface area contributed by atoms with Gasteiger partial charge in [0.2, 0.25) is 11.8 Å². The van der Waals surface area contributed by atoms with Crippen LogP contribution in [0.3, 0.4) is 0 Å². The van der Waals surface area contributed by atoms with Gasteiger partial charge in [-0.05, 0) is 30.9 Å². The molecule has 0 radical (unpaired) electrons. The number of ether oxygens (including phenoxy) is 1. The molecule has 1 aromatic rings. The molecule has 8 heteroatoms. The number of rotatable bonds is 8. The Kier molecular flexibility index (Phi) is 9.54. The van der Waals surface area contributed by atoms with Crippen molar-refractivity contribution in [1.29, 1.82) is 0 Å². The van der Waals surface area contributed by atoms with Gasteiger partial charge in [0, 0.05) is 39.3 Å². The number of benzene rings is 1. The van der Waals surface area contributed by atoms with Gasteiger partial charge in [0.25, 0.3) is 5.91 Å². The monoisotopic (exact) mass is 458 g/mol. The number of likely N-dealkylation sites (tertiary alicyclic amines) is 1. The van der Waals surface area contributed by atoms with E-state index in [2.05, 4.69) is 10.2 Å². The Balaban J connectivity index is 1.44. The molecule has 33 heavy (non-hydrogen) atoms. The predicted molar refractivity (Wildman–Crippen MR) is 127 cm³/mol. The maximum absolute atomic E-state index is 13.1. The Labute approximate surface area is 197 Å². The maximum Gasteiger partial charge on any atom is 0.258 e. The largest absolute Gasteiger partial charge is 0.484 e. The fourth-order valence-corrected chi connectivity index (χ4v) is 4.33. The Morgan fingerprint density at radius 2 is 1.52 bits per heavy atom. The third-order valence-corrected chi connectivity index (χ3v) is 6.36. The van der Waals surface area contributed by atoms with Gasteiger partial charge in [-0.15, -0.1) is 0 Å². The van der Waals surface area contributed by atoms with Crippen LogP contribution in [0.15, 0.2) is 30.3 Å². The molecule has 1 N–H and O–H groups in total. The van der Waals surface area contributed by atoms with E-state index in [9.17, 15) is 14.4 Å². The van der Waals surface area contributed by atoms with Crippen molar-refractivity contribution < 1.29 is 19.1 Å². The Morgan fingerprint density at radius 3 is 2.12 bits per heavy atom. The first-order valence-corrected chi connectivity index (χ1v) is 12.2. The summed E-state index contributed by atoms with van der Waals surface area (Å²) in [6, 6.07) is 8.54. The van der Waals surface area contributed by atoms with Crippen molar-refractivity contribution in [3.63, 3.8) is 0 Å². The third kappa shape index (κ3) is 7.74. The molecule has 182 valence electrons. The van der Waals surface area contributed by atoms with Crippen LogP contribution in [-0.4, -0.2) is 90.9 Å². The molecule has 3 rings (SSSR count). The number of carbonyl (C=O) groups excluding carboxylic acids is 3. The molecule has 0 saturated carbocycles. The molecular weight excluding hydrogens is 420 g/mol. The summed E-state index contributed by atoms with van der Waals surface area (Å²) < 4.78 is 5.50. The number of nitrogens with zero attached hydrogens (tertiary/aromatic N) is 3. The molecule has 0 spiro atoms. The summed E-state index contributed by atoms with van der Waals surface area (Å²) in [4.78, 5) is 44.1. The highest BCUT2D eigenvalue weighted by atomic mass is 16.5. The third-order valence-electron chi connectivity index (χ3n) is 6.36. The molecule has 0 aromatic heterocycles. The second kappa shape index (κ2) is 12.6. The second-order valence-corrected chi connectivity index (χ2v) is 9.29. The Hall–Kier alpha value is -2.61. The van der Waals surface area contributed by atoms with Crippen LogP contribution < -0.4 is 10.1 Å². The first-order valence-electron chi connectivity index (χ1n) is 12.2. The van der Waals surface area contributed by atoms with Crippen LogP contribution in [0.1, 0.15) is 39.5 Å². The zero-order valence-electron chi connectivity index (χ0n) is 20.0. The Bertz CT molecular complexity index is 770. The number of piperazine rings is 1. The van der Waals surface area contributed by atoms with Gasteiger partial charge >= 0.3 is 0 Å². The maximum atomic E-state index is 13.1. The van der Waals surface area contributed by atoms with E-state index in [0.29, 0.717) is 38.5 Å². The number of hydrogen-bond donors (Lipinski definition) is 1. The molecule has 2 aliphatic rings. The van der Waals surface area contributed by atoms with Crippen LogP contribution in [-0.2, 0) is 14.4 Å². The fraction of sp³-hybridized carbons (Fsp3) is 0.640. The molecule has 1 aromatic carbocycles. The fourth-order valence-electron chi connectivity index (χ4n) is 4.33. The minimum absolute atomic E-state index is 0.0409. The van der Waals surface area contributed by atoms with Crippen LogP contribution >= 0.6 is 0 Å². The highest BCUT2D eigenvalue weighted by Gasteiger charge is 2.31. The average Bonchev–Trinajstić information content (AvgIpc) is 3.11. The number of para-hydroxylation sites is 1. The smallest absolute Gasteiger partial charge is 0.258 e. The topological polar surface area (TPSA) is 82.2 Å². The van der Waals surface area contributed by atoms with Gasteiger partial charge in [0.05, 0.1) is 6.54 Å². The van der Waals surface area contributed by atoms with E-state index in [-0.39, 0.29) is 30.2 Å². The van der Waals surface area contributed by atoms with Gasteiger partial charge in [-0.2, -0.15) is 0 Å². The lowest BCUT2D eigenvalue weighted by atomic mass is 10.0. The SMILES string of the molecule is CC(C)[C@H](NC(=O)COc1ccccc1)C(=O)N1CCN(CC(=O)N2CCCCCC2)CC1. The number of nitrogens with one attached hydrogen (secondary N) is 1. The summed E-state index contributed by atoms with van der Waals surface area (Å²) in [7, 11) is 0. The zero-order chi connectivity index (χ0) is 23.6. The molecule has 2 saturated heterocycles. The molecule has 0 unspecified atom stereocenters. The van der Waals surface area contributed by atoms with Crippen molar-refractivity contribution in [1.82, 2.24) is 20.0 Å². The van der Waals surface area contributed by atoms with Crippen molar-refractivity contribution >= 4 is 17.7 Å². The van der Waals surface area contributed by atoms with Crippen LogP contribution in [0, 0.1) is 5.92 Å². The lowest BCUT2D eigenvalue weighted by Crippen LogP contribution is -2.57. The first-order chi connectivity index (χ1) is 15.9. The standard InChI is InChI=1S/C25H38N4O4/c1-20(2)24(26-22(30)19-33-21-10-6-5-7-11-21)25(32)29-16-14-27(15-17-29)18-23(31)28-12-8-3-4-9-13-28/h5-7,10-11,20,24H,3-4,8-9,12-19H2,1-2H3,(H,26,30)/t24-/m0/s1. The molecular formula is C25H38N4O4. The van der Waals surface area contributed by atoms with E-state index in [1.807, 2.05) is 36.9 Å². The van der Waals surface area contributed by atoms with Crippen LogP contribution in [0.5, 0.6) is 5.75 Å². The normalized spacial score (nSPS) is 18.5. The van der Waals surface area contributed by atoms with Crippen LogP contribution in [0.4, 0.5) is 0 Å². The molecule has 1 atom stereocenters. The van der Waals surface area contributed by atoms with Gasteiger partial charge in [0.15, 0.2) is 6.61 Å². The van der Waals surface area contributed by atoms with Gasteiger partial charge < -0.3 is 19.9 Å². The van der Waals surface area contributed by atoms with Crippen LogP contribution in [0.2, 0.25) is 0 Å². The highest BCUT2D eigenvalue weighted by Crippen LogP contribution is 2.13. The van der Waals surface area contributed by atoms with E-state index in [4.69, 9.17) is 4.74 Å². The van der Waals surface area contributed by atoms with Crippen molar-refractivity contribution in [2.24, 2.45) is 5.92 Å². The van der Waals surface area contributed by atoms with Crippen molar-refractivity contribution in [2.75, 3.05) is 52.4 Å². The minimum Gasteiger partial charge on any atom is -0.484 e. The minimum atomic E-state index is -0.595. The predicted octanol–water partition coefficient (Wildman–Crippen LogP) is 1.75. The van der Waals surface area contributed by atoms with Gasteiger partial charge in [-0.3, -0.25) is 19.3 Å². The van der Waals surface area contributed by atoms with Crippen molar-refractivity contribution in [3.8, 4) is 5.75 Å². The molecule has 0 bridgehead atoms. The van der Waals surface area contributed by atoms with E-state index < -0.39 is 6.04 Å². The molecule has 2 heterocycles. The average molecular weight is 459 g/mol. The molecule has 3 amide bonds. The molecule has 0 aliphatic carbocycles. The molecule has 2 fully saturated rings. The quantitative estimate of drug-likeness (QED) is 0.642. The van der Waals surface area contributed by atoms with Crippen molar-refractivity contribution in [3.05, 3.63) is 30.3 Å². The molecule has 8 nitrogen and oxygen atoms in total. The van der Waals surface area contributed by atoms with E-state index >= 15 is 0 Å². The van der Waals surface area contributed by atoms with Gasteiger partial charge in [-0.25, -0.2) is 0 Å². The zero-order valence-corrected chi connectivity index (χ0v) is 20.0. The number of hydrogen-bond acceptors (Lipinski definition) is 5. The summed E-state index contributed by atoms with van der Waals surface area (Å²) in [5, 5.41) is 2.85. The van der Waals surface area contributed by atoms with E-state index in [1.54, 1.807) is 17.0 Å². The first kappa shape index (κ1) is 25.0. The molecule has 2 aliphatic heterocycles. The van der Waals surface area contributed by atoms with Gasteiger partial charge in [0.1, 0.15) is 11.8 Å². The summed E-state index contributed by atoms with van der Waals surface area (Å²) in [5.41, 5.74) is 0. The van der Waals surface area contributed by atoms with E-state index in [1.165, 1.54) is 12.8 Å². The Morgan fingerprint density at radius 1 is 0.879 bits per heavy atom. The van der Waals surface area contributed by atoms with Crippen LogP contribution in [0.25, 0.3) is 0 Å². The summed E-state index contributed by atoms with van der Waals surface area (Å²) in [6.45, 7) is 8.33. The van der Waals surface area contributed by atoms with E-state index in [0.717, 1.165) is 25.9 Å². The lowest BCUT2D eigenvalue weighted by molar-refractivity contribution is -0.140. The number of amides is 3. The summed E-state index contributed by atoms with van der Waals surface area (Å²) in [5.74, 6) is 0.387. The second-order valence-electron chi connectivity index (χ2n) is 9.29. The lowest BCUT2D eigenvalue weighted by Gasteiger charge is -2.37. The summed E-state index contributed by atoms with van der Waals surface area (Å²) >= 11 is 0. The summed E-state index contributed by atoms with van der Waals surface area (Å²) in [6.07, 6.45) is 4.59. The number of carbonyl (C=O) groups is 3. The highest BCUT2D eigenvalue weighted by molar-refractivity contribution is 5.88. The van der Waals surface area contributed by atoms with Gasteiger partial charge in [-0.1, -0.05) is 44.9 Å². The van der Waals surface area contributed by atoms with Crippen molar-refractivity contribution in [2.45, 2.75) is 45.6 Å².